The van der Waals surface area contributed by atoms with Crippen molar-refractivity contribution in [3.63, 3.8) is 0 Å². The van der Waals surface area contributed by atoms with E-state index in [1.54, 1.807) is 0 Å². The number of likely N-dealkylation sites (tertiary alicyclic amines) is 1. The molecule has 1 aliphatic rings. The largest absolute Gasteiger partial charge is 0.396 e. The summed E-state index contributed by atoms with van der Waals surface area (Å²) in [4.78, 5) is 2.51. The van der Waals surface area contributed by atoms with Crippen LogP contribution < -0.4 is 5.73 Å². The van der Waals surface area contributed by atoms with Crippen LogP contribution in [0.3, 0.4) is 0 Å². The Bertz CT molecular complexity index is 438. The van der Waals surface area contributed by atoms with Crippen molar-refractivity contribution in [3.8, 4) is 0 Å². The number of nitrogen functional groups attached to an aromatic ring is 1. The topological polar surface area (TPSA) is 29.3 Å². The van der Waals surface area contributed by atoms with E-state index in [1.807, 2.05) is 12.1 Å². The van der Waals surface area contributed by atoms with E-state index in [0.717, 1.165) is 30.5 Å². The van der Waals surface area contributed by atoms with Gasteiger partial charge in [-0.1, -0.05) is 37.0 Å². The molecule has 1 aromatic carbocycles. The number of hydrogen-bond acceptors (Lipinski definition) is 2. The molecule has 4 heteroatoms. The standard InChI is InChI=1S/C15H22Cl2N2/c1-9-4-10(2)11(3)19(7-9)8-12-5-13(16)15(18)14(17)6-12/h5-6,9-11H,4,7-8,18H2,1-3H3. The molecule has 2 nitrogen and oxygen atoms in total. The van der Waals surface area contributed by atoms with Crippen molar-refractivity contribution < 1.29 is 0 Å². The number of nitrogens with two attached hydrogens (primary N) is 1. The first-order valence-corrected chi connectivity index (χ1v) is 7.61. The molecule has 0 spiro atoms. The number of nitrogens with zero attached hydrogens (tertiary/aromatic N) is 1. The Morgan fingerprint density at radius 1 is 1.21 bits per heavy atom. The second-order valence-corrected chi connectivity index (χ2v) is 6.78. The maximum absolute atomic E-state index is 6.10. The summed E-state index contributed by atoms with van der Waals surface area (Å²) in [7, 11) is 0. The van der Waals surface area contributed by atoms with Crippen molar-refractivity contribution in [1.29, 1.82) is 0 Å². The first kappa shape index (κ1) is 15.0. The Morgan fingerprint density at radius 2 is 1.79 bits per heavy atom. The van der Waals surface area contributed by atoms with E-state index < -0.39 is 0 Å². The molecule has 1 saturated heterocycles. The van der Waals surface area contributed by atoms with E-state index in [0.29, 0.717) is 21.8 Å². The van der Waals surface area contributed by atoms with Crippen LogP contribution in [0.15, 0.2) is 12.1 Å². The number of piperidine rings is 1. The minimum atomic E-state index is 0.473. The number of halogens is 2. The van der Waals surface area contributed by atoms with E-state index in [1.165, 1.54) is 6.42 Å². The van der Waals surface area contributed by atoms with Crippen LogP contribution in [0.1, 0.15) is 32.8 Å². The Morgan fingerprint density at radius 3 is 2.37 bits per heavy atom. The van der Waals surface area contributed by atoms with E-state index in [4.69, 9.17) is 28.9 Å². The zero-order valence-corrected chi connectivity index (χ0v) is 13.3. The fourth-order valence-electron chi connectivity index (χ4n) is 3.00. The summed E-state index contributed by atoms with van der Waals surface area (Å²) in [5, 5.41) is 1.10. The summed E-state index contributed by atoms with van der Waals surface area (Å²) in [6, 6.07) is 4.45. The van der Waals surface area contributed by atoms with Crippen LogP contribution in [0.2, 0.25) is 10.0 Å². The van der Waals surface area contributed by atoms with Crippen molar-refractivity contribution in [2.75, 3.05) is 12.3 Å². The van der Waals surface area contributed by atoms with Gasteiger partial charge in [0.15, 0.2) is 0 Å². The molecule has 0 radical (unpaired) electrons. The maximum atomic E-state index is 6.10. The summed E-state index contributed by atoms with van der Waals surface area (Å²) < 4.78 is 0. The van der Waals surface area contributed by atoms with Gasteiger partial charge < -0.3 is 5.73 Å². The third-order valence-electron chi connectivity index (χ3n) is 4.24. The van der Waals surface area contributed by atoms with Crippen molar-refractivity contribution in [2.24, 2.45) is 11.8 Å². The Balaban J connectivity index is 2.16. The minimum absolute atomic E-state index is 0.473. The zero-order valence-electron chi connectivity index (χ0n) is 11.8. The molecule has 1 heterocycles. The van der Waals surface area contributed by atoms with E-state index >= 15 is 0 Å². The van der Waals surface area contributed by atoms with E-state index in [2.05, 4.69) is 25.7 Å². The summed E-state index contributed by atoms with van der Waals surface area (Å²) in [6.45, 7) is 8.96. The lowest BCUT2D eigenvalue weighted by Crippen LogP contribution is -2.45. The van der Waals surface area contributed by atoms with Crippen LogP contribution in [0.5, 0.6) is 0 Å². The molecule has 1 aliphatic heterocycles. The normalized spacial score (nSPS) is 28.6. The van der Waals surface area contributed by atoms with E-state index in [9.17, 15) is 0 Å². The summed E-state index contributed by atoms with van der Waals surface area (Å²) >= 11 is 12.2. The molecule has 0 aromatic heterocycles. The van der Waals surface area contributed by atoms with Gasteiger partial charge in [0.05, 0.1) is 15.7 Å². The van der Waals surface area contributed by atoms with Gasteiger partial charge in [0.25, 0.3) is 0 Å². The molecule has 1 fully saturated rings. The number of anilines is 1. The van der Waals surface area contributed by atoms with Gasteiger partial charge in [-0.05, 0) is 42.9 Å². The molecular weight excluding hydrogens is 279 g/mol. The number of benzene rings is 1. The van der Waals surface area contributed by atoms with Crippen molar-refractivity contribution in [3.05, 3.63) is 27.7 Å². The Kier molecular flexibility index (Phi) is 4.65. The Labute approximate surface area is 125 Å². The maximum Gasteiger partial charge on any atom is 0.0693 e. The van der Waals surface area contributed by atoms with Gasteiger partial charge in [-0.2, -0.15) is 0 Å². The minimum Gasteiger partial charge on any atom is -0.396 e. The molecule has 19 heavy (non-hydrogen) atoms. The second-order valence-electron chi connectivity index (χ2n) is 5.96. The summed E-state index contributed by atoms with van der Waals surface area (Å²) in [5.74, 6) is 1.47. The SMILES string of the molecule is CC1CC(C)C(C)N(Cc2cc(Cl)c(N)c(Cl)c2)C1. The van der Waals surface area contributed by atoms with Crippen LogP contribution in [0.25, 0.3) is 0 Å². The molecule has 1 aromatic rings. The van der Waals surface area contributed by atoms with Crippen LogP contribution in [0, 0.1) is 11.8 Å². The highest BCUT2D eigenvalue weighted by molar-refractivity contribution is 6.38. The fourth-order valence-corrected chi connectivity index (χ4v) is 3.54. The predicted molar refractivity (Wildman–Crippen MR) is 83.7 cm³/mol. The molecule has 0 saturated carbocycles. The van der Waals surface area contributed by atoms with Gasteiger partial charge in [0.2, 0.25) is 0 Å². The van der Waals surface area contributed by atoms with Crippen molar-refractivity contribution >= 4 is 28.9 Å². The average Bonchev–Trinajstić information content (AvgIpc) is 2.32. The molecule has 3 atom stereocenters. The molecule has 2 N–H and O–H groups in total. The highest BCUT2D eigenvalue weighted by atomic mass is 35.5. The smallest absolute Gasteiger partial charge is 0.0693 e. The second kappa shape index (κ2) is 5.90. The molecule has 3 unspecified atom stereocenters. The molecular formula is C15H22Cl2N2. The van der Waals surface area contributed by atoms with E-state index in [-0.39, 0.29) is 0 Å². The van der Waals surface area contributed by atoms with Gasteiger partial charge in [0, 0.05) is 19.1 Å². The van der Waals surface area contributed by atoms with Crippen LogP contribution in [-0.2, 0) is 6.54 Å². The summed E-state index contributed by atoms with van der Waals surface area (Å²) in [6.07, 6.45) is 1.31. The summed E-state index contributed by atoms with van der Waals surface area (Å²) in [5.41, 5.74) is 7.39. The Hall–Kier alpha value is -0.440. The highest BCUT2D eigenvalue weighted by Gasteiger charge is 2.28. The van der Waals surface area contributed by atoms with Crippen LogP contribution >= 0.6 is 23.2 Å². The number of rotatable bonds is 2. The van der Waals surface area contributed by atoms with Gasteiger partial charge in [-0.3, -0.25) is 4.90 Å². The quantitative estimate of drug-likeness (QED) is 0.818. The monoisotopic (exact) mass is 300 g/mol. The molecule has 0 aliphatic carbocycles. The van der Waals surface area contributed by atoms with Gasteiger partial charge in [-0.15, -0.1) is 0 Å². The number of hydrogen-bond donors (Lipinski definition) is 1. The third-order valence-corrected chi connectivity index (χ3v) is 4.87. The lowest BCUT2D eigenvalue weighted by atomic mass is 9.86. The molecule has 2 rings (SSSR count). The predicted octanol–water partition coefficient (Wildman–Crippen LogP) is 4.44. The molecule has 106 valence electrons. The first-order chi connectivity index (χ1) is 8.88. The van der Waals surface area contributed by atoms with Crippen LogP contribution in [-0.4, -0.2) is 17.5 Å². The van der Waals surface area contributed by atoms with Gasteiger partial charge >= 0.3 is 0 Å². The first-order valence-electron chi connectivity index (χ1n) is 6.86. The van der Waals surface area contributed by atoms with Gasteiger partial charge in [0.1, 0.15) is 0 Å². The third kappa shape index (κ3) is 3.36. The lowest BCUT2D eigenvalue weighted by molar-refractivity contribution is 0.0730. The van der Waals surface area contributed by atoms with Crippen LogP contribution in [0.4, 0.5) is 5.69 Å². The highest BCUT2D eigenvalue weighted by Crippen LogP contribution is 2.32. The van der Waals surface area contributed by atoms with Crippen molar-refractivity contribution in [2.45, 2.75) is 39.8 Å². The zero-order chi connectivity index (χ0) is 14.2. The molecule has 0 amide bonds. The van der Waals surface area contributed by atoms with Crippen molar-refractivity contribution in [1.82, 2.24) is 4.90 Å². The molecule has 0 bridgehead atoms. The average molecular weight is 301 g/mol. The lowest BCUT2D eigenvalue weighted by Gasteiger charge is -2.41. The van der Waals surface area contributed by atoms with Gasteiger partial charge in [-0.25, -0.2) is 0 Å². The fraction of sp³-hybridized carbons (Fsp3) is 0.600.